The monoisotopic (exact) mass is 291 g/mol. The molecule has 1 heterocycles. The number of carbonyl (C=O) groups excluding carboxylic acids is 1. The first-order valence-electron chi connectivity index (χ1n) is 6.34. The van der Waals surface area contributed by atoms with Gasteiger partial charge in [0.25, 0.3) is 0 Å². The van der Waals surface area contributed by atoms with Crippen LogP contribution in [0, 0.1) is 0 Å². The highest BCUT2D eigenvalue weighted by Gasteiger charge is 2.14. The van der Waals surface area contributed by atoms with Crippen molar-refractivity contribution in [2.75, 3.05) is 6.54 Å². The zero-order valence-electron chi connectivity index (χ0n) is 11.0. The summed E-state index contributed by atoms with van der Waals surface area (Å²) < 4.78 is 0. The van der Waals surface area contributed by atoms with E-state index in [9.17, 15) is 4.79 Å². The van der Waals surface area contributed by atoms with E-state index in [2.05, 4.69) is 4.99 Å². The Morgan fingerprint density at radius 2 is 2.20 bits per heavy atom. The number of hydrogen-bond donors (Lipinski definition) is 2. The van der Waals surface area contributed by atoms with Crippen LogP contribution in [0.1, 0.15) is 18.4 Å². The Labute approximate surface area is 122 Å². The molecule has 106 valence electrons. The number of aliphatic imine (C=N–C) groups is 1. The van der Waals surface area contributed by atoms with Gasteiger partial charge < -0.3 is 15.7 Å². The van der Waals surface area contributed by atoms with Gasteiger partial charge >= 0.3 is 0 Å². The normalized spacial score (nSPS) is 18.1. The molecular weight excluding hydrogens is 274 g/mol. The highest BCUT2D eigenvalue weighted by molar-refractivity contribution is 8.02. The van der Waals surface area contributed by atoms with Crippen LogP contribution >= 0.6 is 11.8 Å². The van der Waals surface area contributed by atoms with Gasteiger partial charge in [0.1, 0.15) is 11.2 Å². The van der Waals surface area contributed by atoms with Crippen molar-refractivity contribution < 1.29 is 9.90 Å². The van der Waals surface area contributed by atoms with Crippen molar-refractivity contribution in [3.05, 3.63) is 41.4 Å². The van der Waals surface area contributed by atoms with Gasteiger partial charge in [-0.15, -0.1) is 0 Å². The van der Waals surface area contributed by atoms with Crippen LogP contribution in [-0.2, 0) is 4.79 Å². The summed E-state index contributed by atoms with van der Waals surface area (Å²) in [5, 5.41) is 11.1. The van der Waals surface area contributed by atoms with Crippen molar-refractivity contribution in [1.82, 2.24) is 4.90 Å². The molecule has 1 aliphatic heterocycles. The smallest absolute Gasteiger partial charge is 0.245 e. The highest BCUT2D eigenvalue weighted by atomic mass is 32.2. The molecule has 0 aromatic heterocycles. The third kappa shape index (κ3) is 4.40. The van der Waals surface area contributed by atoms with E-state index in [1.165, 1.54) is 6.21 Å². The molecule has 5 nitrogen and oxygen atoms in total. The fraction of sp³-hybridized carbons (Fsp3) is 0.286. The Morgan fingerprint density at radius 1 is 1.45 bits per heavy atom. The minimum Gasteiger partial charge on any atom is -0.508 e. The third-order valence-electron chi connectivity index (χ3n) is 2.85. The van der Waals surface area contributed by atoms with Crippen LogP contribution in [0.3, 0.4) is 0 Å². The molecule has 1 unspecified atom stereocenters. The molecule has 6 heteroatoms. The fourth-order valence-electron chi connectivity index (χ4n) is 1.74. The van der Waals surface area contributed by atoms with Crippen molar-refractivity contribution in [2.24, 2.45) is 10.7 Å². The Kier molecular flexibility index (Phi) is 5.20. The molecule has 1 aromatic rings. The molecule has 3 N–H and O–H groups in total. The molecule has 1 aromatic carbocycles. The largest absolute Gasteiger partial charge is 0.508 e. The molecule has 0 fully saturated rings. The highest BCUT2D eigenvalue weighted by Crippen LogP contribution is 2.20. The molecule has 0 spiro atoms. The second-order valence-corrected chi connectivity index (χ2v) is 5.42. The third-order valence-corrected chi connectivity index (χ3v) is 3.68. The minimum absolute atomic E-state index is 0.0365. The molecule has 0 saturated heterocycles. The van der Waals surface area contributed by atoms with Gasteiger partial charge in [-0.25, -0.2) is 4.99 Å². The molecule has 0 saturated carbocycles. The van der Waals surface area contributed by atoms with Crippen LogP contribution < -0.4 is 5.73 Å². The number of phenols is 1. The molecule has 1 atom stereocenters. The summed E-state index contributed by atoms with van der Waals surface area (Å²) in [5.74, 6) is 0.0452. The lowest BCUT2D eigenvalue weighted by molar-refractivity contribution is -0.117. The second-order valence-electron chi connectivity index (χ2n) is 4.40. The quantitative estimate of drug-likeness (QED) is 0.810. The van der Waals surface area contributed by atoms with Crippen LogP contribution in [0.15, 0.2) is 40.9 Å². The Bertz CT molecular complexity index is 514. The van der Waals surface area contributed by atoms with Crippen LogP contribution in [0.5, 0.6) is 5.75 Å². The van der Waals surface area contributed by atoms with E-state index in [-0.39, 0.29) is 17.2 Å². The van der Waals surface area contributed by atoms with E-state index >= 15 is 0 Å². The summed E-state index contributed by atoms with van der Waals surface area (Å²) in [4.78, 5) is 17.5. The summed E-state index contributed by atoms with van der Waals surface area (Å²) in [6.45, 7) is 0.755. The number of benzene rings is 1. The average Bonchev–Trinajstić information content (AvgIpc) is 2.84. The number of aromatic hydroxyl groups is 1. The maximum absolute atomic E-state index is 11.6. The maximum atomic E-state index is 11.6. The predicted molar refractivity (Wildman–Crippen MR) is 81.4 cm³/mol. The second kappa shape index (κ2) is 7.12. The van der Waals surface area contributed by atoms with Gasteiger partial charge in [-0.05, 0) is 41.7 Å². The summed E-state index contributed by atoms with van der Waals surface area (Å²) in [6, 6.07) is 6.53. The van der Waals surface area contributed by atoms with Crippen LogP contribution in [-0.4, -0.2) is 34.2 Å². The number of carbonyl (C=O) groups is 1. The van der Waals surface area contributed by atoms with Gasteiger partial charge in [0, 0.05) is 25.4 Å². The Balaban J connectivity index is 1.72. The number of nitrogens with zero attached hydrogens (tertiary/aromatic N) is 2. The zero-order valence-corrected chi connectivity index (χ0v) is 11.8. The number of rotatable bonds is 5. The number of hydrogen-bond acceptors (Lipinski definition) is 5. The lowest BCUT2D eigenvalue weighted by atomic mass is 10.2. The molecular formula is C14H17N3O2S. The standard InChI is InChI=1S/C14H17N3O2S/c15-14-17(8-9-20-14)7-1-2-13(19)16-10-11-3-5-12(18)6-4-11/h3-6,8-10,14,18H,1-2,7,15H2. The minimum atomic E-state index is -0.150. The van der Waals surface area contributed by atoms with Gasteiger partial charge in [-0.1, -0.05) is 11.8 Å². The number of phenolic OH excluding ortho intramolecular Hbond substituents is 1. The molecule has 20 heavy (non-hydrogen) atoms. The predicted octanol–water partition coefficient (Wildman–Crippen LogP) is 1.88. The average molecular weight is 291 g/mol. The van der Waals surface area contributed by atoms with Gasteiger partial charge in [0.05, 0.1) is 0 Å². The van der Waals surface area contributed by atoms with E-state index in [0.717, 1.165) is 18.5 Å². The Hall–Kier alpha value is -1.79. The number of thioether (sulfide) groups is 1. The van der Waals surface area contributed by atoms with Gasteiger partial charge in [0.2, 0.25) is 5.91 Å². The van der Waals surface area contributed by atoms with Gasteiger partial charge in [0.15, 0.2) is 0 Å². The van der Waals surface area contributed by atoms with Gasteiger partial charge in [-0.2, -0.15) is 0 Å². The van der Waals surface area contributed by atoms with Crippen LogP contribution in [0.2, 0.25) is 0 Å². The van der Waals surface area contributed by atoms with Crippen molar-refractivity contribution in [2.45, 2.75) is 18.3 Å². The molecule has 0 radical (unpaired) electrons. The molecule has 0 bridgehead atoms. The van der Waals surface area contributed by atoms with Crippen molar-refractivity contribution in [3.63, 3.8) is 0 Å². The van der Waals surface area contributed by atoms with Crippen LogP contribution in [0.25, 0.3) is 0 Å². The Morgan fingerprint density at radius 3 is 2.85 bits per heavy atom. The summed E-state index contributed by atoms with van der Waals surface area (Å²) in [6.07, 6.45) is 4.58. The number of nitrogens with two attached hydrogens (primary N) is 1. The van der Waals surface area contributed by atoms with E-state index in [1.807, 2.05) is 16.5 Å². The van der Waals surface area contributed by atoms with E-state index < -0.39 is 0 Å². The lowest BCUT2D eigenvalue weighted by Gasteiger charge is -2.20. The maximum Gasteiger partial charge on any atom is 0.245 e. The zero-order chi connectivity index (χ0) is 14.4. The molecule has 1 aliphatic rings. The first kappa shape index (κ1) is 14.6. The molecule has 0 aliphatic carbocycles. The number of amides is 1. The lowest BCUT2D eigenvalue weighted by Crippen LogP contribution is -2.33. The van der Waals surface area contributed by atoms with Crippen molar-refractivity contribution in [1.29, 1.82) is 0 Å². The van der Waals surface area contributed by atoms with E-state index in [1.54, 1.807) is 36.0 Å². The van der Waals surface area contributed by atoms with Gasteiger partial charge in [-0.3, -0.25) is 4.79 Å². The van der Waals surface area contributed by atoms with Crippen molar-refractivity contribution in [3.8, 4) is 5.75 Å². The summed E-state index contributed by atoms with van der Waals surface area (Å²) >= 11 is 1.56. The topological polar surface area (TPSA) is 78.9 Å². The van der Waals surface area contributed by atoms with Crippen molar-refractivity contribution >= 4 is 23.9 Å². The summed E-state index contributed by atoms with van der Waals surface area (Å²) in [7, 11) is 0. The SMILES string of the molecule is NC1SC=CN1CCCC(=O)N=Cc1ccc(O)cc1. The fourth-order valence-corrected chi connectivity index (χ4v) is 2.46. The first-order valence-corrected chi connectivity index (χ1v) is 7.29. The first-order chi connectivity index (χ1) is 9.65. The molecule has 2 rings (SSSR count). The summed E-state index contributed by atoms with van der Waals surface area (Å²) in [5.41, 5.74) is 6.59. The molecule has 1 amide bonds. The van der Waals surface area contributed by atoms with E-state index in [0.29, 0.717) is 6.42 Å². The van der Waals surface area contributed by atoms with Crippen LogP contribution in [0.4, 0.5) is 0 Å². The van der Waals surface area contributed by atoms with E-state index in [4.69, 9.17) is 10.8 Å².